The number of unbranched alkanes of at least 4 members (excludes halogenated alkanes) is 2. The molecule has 0 aliphatic carbocycles. The minimum atomic E-state index is -1.32. The minimum Gasteiger partial charge on any atom is -0.481 e. The number of carboxylic acids is 2. The van der Waals surface area contributed by atoms with Gasteiger partial charge in [-0.05, 0) is 43.4 Å². The summed E-state index contributed by atoms with van der Waals surface area (Å²) in [5, 5.41) is 28.4. The number of amides is 3. The molecule has 1 atom stereocenters. The van der Waals surface area contributed by atoms with Crippen LogP contribution < -0.4 is 16.0 Å². The van der Waals surface area contributed by atoms with Gasteiger partial charge in [-0.25, -0.2) is 14.0 Å². The van der Waals surface area contributed by atoms with E-state index in [4.69, 9.17) is 15.1 Å². The summed E-state index contributed by atoms with van der Waals surface area (Å²) >= 11 is 0. The highest BCUT2D eigenvalue weighted by Gasteiger charge is 2.20. The molecule has 1 aromatic rings. The maximum absolute atomic E-state index is 12.8. The Hall–Kier alpha value is -3.70. The maximum atomic E-state index is 12.8. The number of halogens is 1. The molecule has 12 heteroatoms. The third-order valence-corrected chi connectivity index (χ3v) is 3.92. The molecule has 1 unspecified atom stereocenters. The van der Waals surface area contributed by atoms with E-state index in [1.54, 1.807) is 0 Å². The van der Waals surface area contributed by atoms with Crippen molar-refractivity contribution in [3.05, 3.63) is 42.2 Å². The van der Waals surface area contributed by atoms with Crippen molar-refractivity contribution in [2.75, 3.05) is 13.2 Å². The number of carbonyl (C=O) groups excluding carboxylic acids is 2. The van der Waals surface area contributed by atoms with Crippen molar-refractivity contribution < 1.29 is 38.6 Å². The van der Waals surface area contributed by atoms with Gasteiger partial charge in [0.25, 0.3) is 5.91 Å². The molecule has 0 aromatic heterocycles. The highest BCUT2D eigenvalue weighted by atomic mass is 18.2. The predicted molar refractivity (Wildman–Crippen MR) is 111 cm³/mol. The molecule has 3 amide bonds. The Bertz CT molecular complexity index is 787. The number of carboxylic acid groups (broad SMARTS) is 2. The minimum absolute atomic E-state index is 0.223. The van der Waals surface area contributed by atoms with Crippen LogP contribution in [0.2, 0.25) is 0 Å². The third kappa shape index (κ3) is 12.8. The lowest BCUT2D eigenvalue weighted by atomic mass is 10.1. The van der Waals surface area contributed by atoms with Crippen LogP contribution >= 0.6 is 0 Å². The van der Waals surface area contributed by atoms with Gasteiger partial charge in [0.1, 0.15) is 11.9 Å². The number of oxime groups is 1. The molecule has 11 nitrogen and oxygen atoms in total. The van der Waals surface area contributed by atoms with E-state index in [0.717, 1.165) is 0 Å². The summed E-state index contributed by atoms with van der Waals surface area (Å²) in [5.74, 6) is -3.19. The fraction of sp³-hybridized carbons (Fsp3) is 0.400. The van der Waals surface area contributed by atoms with Crippen LogP contribution in [0.25, 0.3) is 0 Å². The maximum Gasteiger partial charge on any atom is 0.326 e. The van der Waals surface area contributed by atoms with Crippen LogP contribution in [-0.2, 0) is 19.2 Å². The highest BCUT2D eigenvalue weighted by Crippen LogP contribution is 2.01. The first-order chi connectivity index (χ1) is 15.3. The number of rotatable bonds is 15. The standard InChI is InChI=1S/C20H26FN4O7/c21-15-6-4-14(5-7-15)12-24-32-13-17(26)22-10-2-1-3-11-23-20(31)25-16(19(29)30)8-9-18(27)28/h4-7,11-12,16H,1-3,8-10,13H2,(H,22,26)(H,27,28)(H,29,30)(H2,23,25,31)/b24-12+/i21-1. The molecule has 0 spiro atoms. The Morgan fingerprint density at radius 2 is 1.84 bits per heavy atom. The molecule has 0 bridgehead atoms. The lowest BCUT2D eigenvalue weighted by Crippen LogP contribution is -2.45. The second-order valence-electron chi connectivity index (χ2n) is 6.55. The average molecular weight is 452 g/mol. The molecule has 5 N–H and O–H groups in total. The van der Waals surface area contributed by atoms with Crippen molar-refractivity contribution >= 4 is 30.1 Å². The van der Waals surface area contributed by atoms with Gasteiger partial charge in [-0.15, -0.1) is 0 Å². The van der Waals surface area contributed by atoms with E-state index < -0.39 is 24.0 Å². The van der Waals surface area contributed by atoms with Crippen LogP contribution in [0.5, 0.6) is 0 Å². The van der Waals surface area contributed by atoms with Crippen LogP contribution in [0.3, 0.4) is 0 Å². The van der Waals surface area contributed by atoms with Gasteiger partial charge in [-0.2, -0.15) is 0 Å². The fourth-order valence-electron chi connectivity index (χ4n) is 2.28. The monoisotopic (exact) mass is 452 g/mol. The van der Waals surface area contributed by atoms with E-state index in [0.29, 0.717) is 31.4 Å². The van der Waals surface area contributed by atoms with Gasteiger partial charge in [0.2, 0.25) is 0 Å². The van der Waals surface area contributed by atoms with E-state index in [2.05, 4.69) is 21.1 Å². The number of benzene rings is 1. The zero-order valence-electron chi connectivity index (χ0n) is 17.3. The van der Waals surface area contributed by atoms with E-state index >= 15 is 0 Å². The summed E-state index contributed by atoms with van der Waals surface area (Å²) < 4.78 is 12.8. The molecule has 0 saturated carbocycles. The third-order valence-electron chi connectivity index (χ3n) is 3.92. The van der Waals surface area contributed by atoms with Gasteiger partial charge in [-0.1, -0.05) is 17.3 Å². The molecular weight excluding hydrogens is 426 g/mol. The predicted octanol–water partition coefficient (Wildman–Crippen LogP) is 1.24. The lowest BCUT2D eigenvalue weighted by molar-refractivity contribution is -0.140. The molecule has 0 saturated heterocycles. The van der Waals surface area contributed by atoms with Crippen molar-refractivity contribution in [3.8, 4) is 0 Å². The Morgan fingerprint density at radius 1 is 1.12 bits per heavy atom. The zero-order valence-corrected chi connectivity index (χ0v) is 17.3. The van der Waals surface area contributed by atoms with Crippen molar-refractivity contribution in [1.82, 2.24) is 16.0 Å². The Balaban J connectivity index is 2.05. The van der Waals surface area contributed by atoms with Gasteiger partial charge in [0.15, 0.2) is 6.61 Å². The first-order valence-corrected chi connectivity index (χ1v) is 9.79. The number of carbonyl (C=O) groups is 4. The molecule has 175 valence electrons. The molecule has 0 aliphatic heterocycles. The quantitative estimate of drug-likeness (QED) is 0.152. The number of aliphatic carboxylic acids is 2. The summed E-state index contributed by atoms with van der Waals surface area (Å²) in [6, 6.07) is 3.56. The first-order valence-electron chi connectivity index (χ1n) is 9.79. The van der Waals surface area contributed by atoms with E-state index in [9.17, 15) is 23.6 Å². The second kappa shape index (κ2) is 15.2. The second-order valence-corrected chi connectivity index (χ2v) is 6.55. The molecule has 1 aromatic carbocycles. The van der Waals surface area contributed by atoms with Crippen molar-refractivity contribution in [2.24, 2.45) is 5.16 Å². The number of nitrogens with zero attached hydrogens (tertiary/aromatic N) is 1. The summed E-state index contributed by atoms with van der Waals surface area (Å²) in [5.41, 5.74) is 0.629. The van der Waals surface area contributed by atoms with Gasteiger partial charge in [-0.3, -0.25) is 9.59 Å². The van der Waals surface area contributed by atoms with Gasteiger partial charge in [0.05, 0.1) is 12.8 Å². The molecule has 0 aliphatic rings. The van der Waals surface area contributed by atoms with E-state index in [1.165, 1.54) is 37.0 Å². The van der Waals surface area contributed by atoms with Gasteiger partial charge >= 0.3 is 18.0 Å². The zero-order chi connectivity index (χ0) is 23.8. The average Bonchev–Trinajstić information content (AvgIpc) is 2.74. The van der Waals surface area contributed by atoms with Crippen LogP contribution in [0.15, 0.2) is 29.4 Å². The highest BCUT2D eigenvalue weighted by molar-refractivity contribution is 5.83. The van der Waals surface area contributed by atoms with Crippen molar-refractivity contribution in [2.45, 2.75) is 38.1 Å². The largest absolute Gasteiger partial charge is 0.481 e. The normalized spacial score (nSPS) is 11.5. The van der Waals surface area contributed by atoms with Crippen molar-refractivity contribution in [1.29, 1.82) is 0 Å². The topological polar surface area (TPSA) is 166 Å². The Kier molecular flexibility index (Phi) is 12.5. The molecule has 1 rings (SSSR count). The summed E-state index contributed by atoms with van der Waals surface area (Å²) in [4.78, 5) is 49.6. The van der Waals surface area contributed by atoms with E-state index in [-0.39, 0.29) is 31.2 Å². The molecule has 0 heterocycles. The molecule has 0 fully saturated rings. The molecular formula is C20H26FN4O7. The summed E-state index contributed by atoms with van der Waals surface area (Å²) in [7, 11) is 0. The fourth-order valence-corrected chi connectivity index (χ4v) is 2.28. The van der Waals surface area contributed by atoms with Crippen LogP contribution in [-0.4, -0.2) is 59.5 Å². The van der Waals surface area contributed by atoms with Crippen LogP contribution in [0.4, 0.5) is 9.18 Å². The van der Waals surface area contributed by atoms with Gasteiger partial charge < -0.3 is 31.0 Å². The van der Waals surface area contributed by atoms with E-state index in [1.807, 2.05) is 0 Å². The smallest absolute Gasteiger partial charge is 0.326 e. The number of hydrogen-bond acceptors (Lipinski definition) is 6. The Labute approximate surface area is 184 Å². The SMILES string of the molecule is O=C(O)CCC(NC(=O)N[CH]CCCCNC(=O)CO/N=C/c1ccc([18F])cc1)C(=O)O. The first kappa shape index (κ1) is 26.3. The van der Waals surface area contributed by atoms with Crippen molar-refractivity contribution in [3.63, 3.8) is 0 Å². The van der Waals surface area contributed by atoms with Crippen LogP contribution in [0.1, 0.15) is 37.7 Å². The molecule has 32 heavy (non-hydrogen) atoms. The lowest BCUT2D eigenvalue weighted by Gasteiger charge is -2.14. The summed E-state index contributed by atoms with van der Waals surface area (Å²) in [6.45, 7) is 1.57. The Morgan fingerprint density at radius 3 is 2.50 bits per heavy atom. The number of hydrogen-bond donors (Lipinski definition) is 5. The summed E-state index contributed by atoms with van der Waals surface area (Å²) in [6.07, 6.45) is 2.51. The molecule has 1 radical (unpaired) electrons. The number of nitrogens with one attached hydrogen (secondary N) is 3. The van der Waals surface area contributed by atoms with Gasteiger partial charge in [0, 0.05) is 13.0 Å². The number of urea groups is 1. The van der Waals surface area contributed by atoms with Crippen LogP contribution in [0, 0.1) is 12.4 Å².